The van der Waals surface area contributed by atoms with Crippen molar-refractivity contribution in [2.75, 3.05) is 35.1 Å². The van der Waals surface area contributed by atoms with Crippen LogP contribution in [0.2, 0.25) is 0 Å². The summed E-state index contributed by atoms with van der Waals surface area (Å²) in [5.41, 5.74) is 22.9. The Labute approximate surface area is 338 Å². The molecule has 0 aliphatic carbocycles. The first kappa shape index (κ1) is 41.1. The van der Waals surface area contributed by atoms with Crippen molar-refractivity contribution >= 4 is 75.0 Å². The van der Waals surface area contributed by atoms with Crippen LogP contribution in [0.1, 0.15) is 12.8 Å². The molecule has 0 atom stereocenters. The van der Waals surface area contributed by atoms with Gasteiger partial charge in [-0.25, -0.2) is 36.8 Å². The number of sulfonamides is 1. The van der Waals surface area contributed by atoms with Crippen molar-refractivity contribution in [1.29, 1.82) is 0 Å². The highest BCUT2D eigenvalue weighted by molar-refractivity contribution is 8.13. The summed E-state index contributed by atoms with van der Waals surface area (Å²) in [6, 6.07) is 30.4. The average molecular weight is 841 g/mol. The number of nitrogens with two attached hydrogens (primary N) is 3. The van der Waals surface area contributed by atoms with Crippen LogP contribution in [0.4, 0.5) is 23.0 Å². The van der Waals surface area contributed by atoms with Crippen LogP contribution in [-0.4, -0.2) is 50.0 Å². The molecular weight excluding hydrogens is 804 g/mol. The van der Waals surface area contributed by atoms with Gasteiger partial charge < -0.3 is 30.8 Å². The molecular formula is C40H37ClN8O7S2. The van der Waals surface area contributed by atoms with Crippen molar-refractivity contribution in [3.63, 3.8) is 0 Å². The van der Waals surface area contributed by atoms with Gasteiger partial charge in [0.25, 0.3) is 19.1 Å². The molecule has 1 saturated heterocycles. The summed E-state index contributed by atoms with van der Waals surface area (Å²) in [4.78, 5) is 16.3. The quantitative estimate of drug-likeness (QED) is 0.0924. The highest BCUT2D eigenvalue weighted by Crippen LogP contribution is 2.34. The van der Waals surface area contributed by atoms with Gasteiger partial charge in [-0.05, 0) is 72.5 Å². The van der Waals surface area contributed by atoms with E-state index in [0.29, 0.717) is 39.8 Å². The van der Waals surface area contributed by atoms with Crippen molar-refractivity contribution in [2.24, 2.45) is 0 Å². The fourth-order valence-electron chi connectivity index (χ4n) is 5.51. The molecule has 1 fully saturated rings. The Hall–Kier alpha value is -6.53. The van der Waals surface area contributed by atoms with Crippen LogP contribution in [-0.2, 0) is 23.8 Å². The van der Waals surface area contributed by atoms with Gasteiger partial charge in [0.2, 0.25) is 11.4 Å². The maximum absolute atomic E-state index is 12.4. The zero-order valence-electron chi connectivity index (χ0n) is 30.6. The smallest absolute Gasteiger partial charge is 0.261 e. The molecule has 0 amide bonds. The summed E-state index contributed by atoms with van der Waals surface area (Å²) >= 11 is 0. The molecule has 298 valence electrons. The second-order valence-corrected chi connectivity index (χ2v) is 16.6. The van der Waals surface area contributed by atoms with Gasteiger partial charge in [-0.3, -0.25) is 4.72 Å². The zero-order valence-corrected chi connectivity index (χ0v) is 33.0. The lowest BCUT2D eigenvalue weighted by atomic mass is 10.1. The van der Waals surface area contributed by atoms with Gasteiger partial charge in [-0.2, -0.15) is 0 Å². The standard InChI is InChI=1S/C18H14N4O3S.C12H10N4O.C6H5ClO2S.C4H8O/c19-17-16-15(10-25-18(16)21-11-20-17)12-6-8-13(9-7-12)22-26(23,24)14-4-2-1-3-5-14;13-8-3-1-7(2-4-8)9-5-17-12-10(9)11(14)15-6-16-12;7-10(8,9)6-4-2-1-3-5-6;1-2-4-5-3-1/h1-11,22H,(H2,19,20,21);1-6H,13H2,(H2,14,15,16);1-5H;1-4H2. The number of rotatable bonds is 6. The van der Waals surface area contributed by atoms with Crippen LogP contribution >= 0.6 is 10.7 Å². The minimum Gasteiger partial charge on any atom is -0.445 e. The normalized spacial score (nSPS) is 12.4. The van der Waals surface area contributed by atoms with Crippen molar-refractivity contribution in [2.45, 2.75) is 22.6 Å². The average Bonchev–Trinajstić information content (AvgIpc) is 4.03. The topological polar surface area (TPSA) is 245 Å². The van der Waals surface area contributed by atoms with E-state index in [1.165, 1.54) is 49.8 Å². The first-order valence-corrected chi connectivity index (χ1v) is 21.3. The predicted octanol–water partition coefficient (Wildman–Crippen LogP) is 7.74. The predicted molar refractivity (Wildman–Crippen MR) is 225 cm³/mol. The van der Waals surface area contributed by atoms with E-state index in [2.05, 4.69) is 24.7 Å². The van der Waals surface area contributed by atoms with Crippen LogP contribution < -0.4 is 21.9 Å². The highest BCUT2D eigenvalue weighted by Gasteiger charge is 2.16. The van der Waals surface area contributed by atoms with Gasteiger partial charge in [0.05, 0.1) is 20.6 Å². The fourth-order valence-corrected chi connectivity index (χ4v) is 7.38. The third-order valence-corrected chi connectivity index (χ3v) is 11.1. The Balaban J connectivity index is 0.000000151. The number of nitrogens with one attached hydrogen (secondary N) is 1. The molecule has 7 N–H and O–H groups in total. The van der Waals surface area contributed by atoms with Gasteiger partial charge in [-0.15, -0.1) is 0 Å². The van der Waals surface area contributed by atoms with Gasteiger partial charge >= 0.3 is 0 Å². The maximum Gasteiger partial charge on any atom is 0.261 e. The number of hydrogen-bond donors (Lipinski definition) is 4. The van der Waals surface area contributed by atoms with Crippen LogP contribution in [0.5, 0.6) is 0 Å². The van der Waals surface area contributed by atoms with Crippen molar-refractivity contribution in [3.05, 3.63) is 134 Å². The summed E-state index contributed by atoms with van der Waals surface area (Å²) in [5, 5.41) is 1.36. The van der Waals surface area contributed by atoms with E-state index in [0.717, 1.165) is 40.9 Å². The Morgan fingerprint density at radius 3 is 1.43 bits per heavy atom. The fraction of sp³-hybridized carbons (Fsp3) is 0.100. The Kier molecular flexibility index (Phi) is 13.2. The number of hydrogen-bond acceptors (Lipinski definition) is 14. The van der Waals surface area contributed by atoms with Crippen LogP contribution in [0.15, 0.2) is 153 Å². The summed E-state index contributed by atoms with van der Waals surface area (Å²) in [7, 11) is -2.13. The molecule has 15 nitrogen and oxygen atoms in total. The molecule has 0 spiro atoms. The molecule has 1 aliphatic rings. The molecule has 0 radical (unpaired) electrons. The number of ether oxygens (including phenoxy) is 1. The number of anilines is 4. The molecule has 0 unspecified atom stereocenters. The molecule has 0 bridgehead atoms. The van der Waals surface area contributed by atoms with E-state index in [1.807, 2.05) is 24.3 Å². The number of nitrogen functional groups attached to an aromatic ring is 3. The summed E-state index contributed by atoms with van der Waals surface area (Å²) in [6.45, 7) is 2.00. The lowest BCUT2D eigenvalue weighted by Crippen LogP contribution is -2.12. The number of halogens is 1. The number of fused-ring (bicyclic) bond motifs is 2. The molecule has 5 heterocycles. The van der Waals surface area contributed by atoms with Crippen LogP contribution in [0, 0.1) is 0 Å². The van der Waals surface area contributed by atoms with E-state index < -0.39 is 19.1 Å². The Morgan fingerprint density at radius 2 is 1.02 bits per heavy atom. The maximum atomic E-state index is 12.4. The second-order valence-electron chi connectivity index (χ2n) is 12.4. The molecule has 4 aromatic heterocycles. The third-order valence-electron chi connectivity index (χ3n) is 8.37. The molecule has 0 saturated carbocycles. The van der Waals surface area contributed by atoms with Gasteiger partial charge in [0, 0.05) is 46.4 Å². The summed E-state index contributed by atoms with van der Waals surface area (Å²) in [5.74, 6) is 0.739. The summed E-state index contributed by atoms with van der Waals surface area (Å²) in [6.07, 6.45) is 8.46. The Bertz CT molecular complexity index is 2800. The van der Waals surface area contributed by atoms with Gasteiger partial charge in [-0.1, -0.05) is 60.7 Å². The SMILES string of the molecule is C1CCOC1.Nc1ccc(-c2coc3ncnc(N)c23)cc1.Nc1ncnc2occ(-c3ccc(NS(=O)(=O)c4ccccc4)cc3)c12.O=S(=O)(Cl)c1ccccc1. The van der Waals surface area contributed by atoms with Gasteiger partial charge in [0.15, 0.2) is 0 Å². The van der Waals surface area contributed by atoms with E-state index in [-0.39, 0.29) is 9.79 Å². The van der Waals surface area contributed by atoms with E-state index in [9.17, 15) is 16.8 Å². The molecule has 58 heavy (non-hydrogen) atoms. The van der Waals surface area contributed by atoms with Crippen LogP contribution in [0.3, 0.4) is 0 Å². The number of nitrogens with zero attached hydrogens (tertiary/aromatic N) is 4. The minimum absolute atomic E-state index is 0.136. The van der Waals surface area contributed by atoms with E-state index in [1.54, 1.807) is 73.2 Å². The zero-order chi connectivity index (χ0) is 41.1. The number of aromatic nitrogens is 4. The molecule has 8 aromatic rings. The van der Waals surface area contributed by atoms with E-state index in [4.69, 9.17) is 41.5 Å². The number of furan rings is 2. The third kappa shape index (κ3) is 10.4. The molecule has 18 heteroatoms. The highest BCUT2D eigenvalue weighted by atomic mass is 35.7. The monoisotopic (exact) mass is 840 g/mol. The second kappa shape index (κ2) is 18.6. The van der Waals surface area contributed by atoms with Crippen molar-refractivity contribution < 1.29 is 30.4 Å². The lowest BCUT2D eigenvalue weighted by Gasteiger charge is -2.08. The minimum atomic E-state index is -3.63. The lowest BCUT2D eigenvalue weighted by molar-refractivity contribution is 0.198. The molecule has 4 aromatic carbocycles. The first-order chi connectivity index (χ1) is 27.9. The van der Waals surface area contributed by atoms with E-state index >= 15 is 0 Å². The largest absolute Gasteiger partial charge is 0.445 e. The van der Waals surface area contributed by atoms with Crippen molar-refractivity contribution in [3.8, 4) is 22.3 Å². The van der Waals surface area contributed by atoms with Crippen molar-refractivity contribution in [1.82, 2.24) is 19.9 Å². The van der Waals surface area contributed by atoms with Gasteiger partial charge in [0.1, 0.15) is 36.8 Å². The Morgan fingerprint density at radius 1 is 0.569 bits per heavy atom. The molecule has 1 aliphatic heterocycles. The molecule has 9 rings (SSSR count). The number of benzene rings is 4. The van der Waals surface area contributed by atoms with Crippen LogP contribution in [0.25, 0.3) is 44.5 Å². The summed E-state index contributed by atoms with van der Waals surface area (Å²) < 4.78 is 64.2. The first-order valence-electron chi connectivity index (χ1n) is 17.5.